The molecule has 0 aromatic heterocycles. The van der Waals surface area contributed by atoms with E-state index < -0.39 is 14.9 Å². The van der Waals surface area contributed by atoms with Gasteiger partial charge in [0.1, 0.15) is 23.1 Å². The van der Waals surface area contributed by atoms with Crippen LogP contribution in [0.15, 0.2) is 53.4 Å². The van der Waals surface area contributed by atoms with Crippen molar-refractivity contribution < 1.29 is 17.5 Å². The topological polar surface area (TPSA) is 43.4 Å². The molecule has 0 N–H and O–H groups in total. The minimum Gasteiger partial charge on any atom is -0.487 e. The Morgan fingerprint density at radius 3 is 2.42 bits per heavy atom. The van der Waals surface area contributed by atoms with Gasteiger partial charge in [-0.05, 0) is 23.8 Å². The summed E-state index contributed by atoms with van der Waals surface area (Å²) in [4.78, 5) is -0.370. The van der Waals surface area contributed by atoms with Crippen molar-refractivity contribution in [2.75, 3.05) is 0 Å². The molecule has 0 saturated heterocycles. The Hall–Kier alpha value is -1.59. The lowest BCUT2D eigenvalue weighted by Crippen LogP contribution is -2.01. The first kappa shape index (κ1) is 13.8. The van der Waals surface area contributed by atoms with Crippen molar-refractivity contribution in [1.82, 2.24) is 0 Å². The Morgan fingerprint density at radius 2 is 1.79 bits per heavy atom. The quantitative estimate of drug-likeness (QED) is 0.814. The molecule has 2 aromatic carbocycles. The number of benzene rings is 2. The van der Waals surface area contributed by atoms with Gasteiger partial charge >= 0.3 is 0 Å². The normalized spacial score (nSPS) is 11.3. The van der Waals surface area contributed by atoms with E-state index >= 15 is 0 Å². The van der Waals surface area contributed by atoms with Crippen LogP contribution in [0, 0.1) is 5.82 Å². The van der Waals surface area contributed by atoms with Crippen LogP contribution in [0.25, 0.3) is 0 Å². The van der Waals surface area contributed by atoms with Gasteiger partial charge in [0, 0.05) is 10.7 Å². The van der Waals surface area contributed by atoms with Crippen LogP contribution >= 0.6 is 10.7 Å². The Labute approximate surface area is 115 Å². The zero-order valence-corrected chi connectivity index (χ0v) is 11.3. The maximum Gasteiger partial charge on any atom is 0.265 e. The Morgan fingerprint density at radius 1 is 1.11 bits per heavy atom. The fraction of sp³-hybridized carbons (Fsp3) is 0.0769. The summed E-state index contributed by atoms with van der Waals surface area (Å²) in [6.07, 6.45) is 0. The molecule has 0 fully saturated rings. The van der Waals surface area contributed by atoms with E-state index in [1.165, 1.54) is 6.07 Å². The van der Waals surface area contributed by atoms with E-state index in [9.17, 15) is 12.8 Å². The molecule has 0 saturated carbocycles. The number of halogens is 2. The Balaban J connectivity index is 2.26. The van der Waals surface area contributed by atoms with Crippen molar-refractivity contribution in [3.8, 4) is 5.75 Å². The van der Waals surface area contributed by atoms with Crippen LogP contribution < -0.4 is 4.74 Å². The first-order valence-electron chi connectivity index (χ1n) is 5.38. The average Bonchev–Trinajstić information content (AvgIpc) is 2.37. The monoisotopic (exact) mass is 300 g/mol. The highest BCUT2D eigenvalue weighted by molar-refractivity contribution is 8.13. The summed E-state index contributed by atoms with van der Waals surface area (Å²) in [5.74, 6) is -0.661. The van der Waals surface area contributed by atoms with Gasteiger partial charge in [-0.15, -0.1) is 0 Å². The first-order valence-corrected chi connectivity index (χ1v) is 7.69. The molecular weight excluding hydrogens is 291 g/mol. The lowest BCUT2D eigenvalue weighted by atomic mass is 10.2. The molecule has 0 unspecified atom stereocenters. The molecule has 0 aliphatic heterocycles. The van der Waals surface area contributed by atoms with E-state index in [1.54, 1.807) is 0 Å². The van der Waals surface area contributed by atoms with Crippen molar-refractivity contribution in [2.24, 2.45) is 0 Å². The van der Waals surface area contributed by atoms with Crippen LogP contribution in [0.2, 0.25) is 0 Å². The van der Waals surface area contributed by atoms with Crippen LogP contribution in [0.5, 0.6) is 5.75 Å². The van der Waals surface area contributed by atoms with Gasteiger partial charge in [0.2, 0.25) is 0 Å². The van der Waals surface area contributed by atoms with E-state index in [-0.39, 0.29) is 17.3 Å². The molecule has 0 radical (unpaired) electrons. The minimum absolute atomic E-state index is 0.0280. The molecule has 3 nitrogen and oxygen atoms in total. The summed E-state index contributed by atoms with van der Waals surface area (Å²) < 4.78 is 41.1. The van der Waals surface area contributed by atoms with Crippen LogP contribution in [0.1, 0.15) is 5.56 Å². The summed E-state index contributed by atoms with van der Waals surface area (Å²) in [5.41, 5.74) is 0.866. The Kier molecular flexibility index (Phi) is 4.07. The van der Waals surface area contributed by atoms with Gasteiger partial charge in [-0.3, -0.25) is 0 Å². The predicted molar refractivity (Wildman–Crippen MR) is 70.2 cm³/mol. The summed E-state index contributed by atoms with van der Waals surface area (Å²) in [6.45, 7) is 0.173. The third kappa shape index (κ3) is 3.68. The number of hydrogen-bond acceptors (Lipinski definition) is 3. The minimum atomic E-state index is -4.05. The molecule has 100 valence electrons. The molecule has 0 heterocycles. The molecule has 2 rings (SSSR count). The SMILES string of the molecule is O=S(=O)(Cl)c1cc(F)ccc1OCc1ccccc1. The number of rotatable bonds is 4. The largest absolute Gasteiger partial charge is 0.487 e. The highest BCUT2D eigenvalue weighted by Crippen LogP contribution is 2.28. The lowest BCUT2D eigenvalue weighted by molar-refractivity contribution is 0.297. The van der Waals surface area contributed by atoms with Gasteiger partial charge in [0.15, 0.2) is 0 Å². The predicted octanol–water partition coefficient (Wildman–Crippen LogP) is 3.33. The van der Waals surface area contributed by atoms with Crippen molar-refractivity contribution in [3.63, 3.8) is 0 Å². The molecule has 2 aromatic rings. The lowest BCUT2D eigenvalue weighted by Gasteiger charge is -2.09. The van der Waals surface area contributed by atoms with Gasteiger partial charge in [0.25, 0.3) is 9.05 Å². The summed E-state index contributed by atoms with van der Waals surface area (Å²) in [7, 11) is 1.19. The molecule has 0 aliphatic carbocycles. The summed E-state index contributed by atoms with van der Waals surface area (Å²) in [6, 6.07) is 12.4. The second-order valence-corrected chi connectivity index (χ2v) is 6.34. The van der Waals surface area contributed by atoms with E-state index in [0.29, 0.717) is 0 Å². The van der Waals surface area contributed by atoms with Crippen molar-refractivity contribution in [2.45, 2.75) is 11.5 Å². The Bertz CT molecular complexity index is 672. The van der Waals surface area contributed by atoms with Gasteiger partial charge in [0.05, 0.1) is 0 Å². The maximum atomic E-state index is 13.1. The van der Waals surface area contributed by atoms with Crippen LogP contribution in [0.4, 0.5) is 4.39 Å². The van der Waals surface area contributed by atoms with Gasteiger partial charge < -0.3 is 4.74 Å². The molecular formula is C13H10ClFO3S. The third-order valence-electron chi connectivity index (χ3n) is 2.41. The van der Waals surface area contributed by atoms with Crippen molar-refractivity contribution >= 4 is 19.7 Å². The van der Waals surface area contributed by atoms with Gasteiger partial charge in [-0.1, -0.05) is 30.3 Å². The summed E-state index contributed by atoms with van der Waals surface area (Å²) >= 11 is 0. The van der Waals surface area contributed by atoms with Crippen LogP contribution in [-0.4, -0.2) is 8.42 Å². The van der Waals surface area contributed by atoms with Crippen molar-refractivity contribution in [1.29, 1.82) is 0 Å². The van der Waals surface area contributed by atoms with Gasteiger partial charge in [-0.2, -0.15) is 0 Å². The molecule has 6 heteroatoms. The molecule has 0 aliphatic rings. The second-order valence-electron chi connectivity index (χ2n) is 3.80. The standard InChI is InChI=1S/C13H10ClFO3S/c14-19(16,17)13-8-11(15)6-7-12(13)18-9-10-4-2-1-3-5-10/h1-8H,9H2. The zero-order valence-electron chi connectivity index (χ0n) is 9.71. The van der Waals surface area contributed by atoms with E-state index in [4.69, 9.17) is 15.4 Å². The fourth-order valence-electron chi connectivity index (χ4n) is 1.53. The van der Waals surface area contributed by atoms with E-state index in [2.05, 4.69) is 0 Å². The highest BCUT2D eigenvalue weighted by Gasteiger charge is 2.18. The summed E-state index contributed by atoms with van der Waals surface area (Å²) in [5, 5.41) is 0. The smallest absolute Gasteiger partial charge is 0.265 e. The van der Waals surface area contributed by atoms with Gasteiger partial charge in [-0.25, -0.2) is 12.8 Å². The first-order chi connectivity index (χ1) is 8.97. The number of hydrogen-bond donors (Lipinski definition) is 0. The molecule has 0 atom stereocenters. The second kappa shape index (κ2) is 5.59. The molecule has 19 heavy (non-hydrogen) atoms. The molecule has 0 spiro atoms. The molecule has 0 amide bonds. The zero-order chi connectivity index (χ0) is 13.9. The highest BCUT2D eigenvalue weighted by atomic mass is 35.7. The third-order valence-corrected chi connectivity index (χ3v) is 3.75. The number of ether oxygens (including phenoxy) is 1. The van der Waals surface area contributed by atoms with Crippen molar-refractivity contribution in [3.05, 3.63) is 59.9 Å². The fourth-order valence-corrected chi connectivity index (χ4v) is 2.51. The average molecular weight is 301 g/mol. The van der Waals surface area contributed by atoms with Crippen LogP contribution in [-0.2, 0) is 15.7 Å². The maximum absolute atomic E-state index is 13.1. The van der Waals surface area contributed by atoms with E-state index in [1.807, 2.05) is 30.3 Å². The molecule has 0 bridgehead atoms. The van der Waals surface area contributed by atoms with E-state index in [0.717, 1.165) is 17.7 Å². The van der Waals surface area contributed by atoms with Crippen LogP contribution in [0.3, 0.4) is 0 Å².